The van der Waals surface area contributed by atoms with Gasteiger partial charge in [-0.15, -0.1) is 0 Å². The number of fused-ring (bicyclic) bond motifs is 3. The highest BCUT2D eigenvalue weighted by Gasteiger charge is 2.22. The molecule has 4 aromatic rings. The fraction of sp³-hybridized carbons (Fsp3) is 0.115. The first-order valence-electron chi connectivity index (χ1n) is 10.5. The predicted molar refractivity (Wildman–Crippen MR) is 125 cm³/mol. The first-order valence-corrected chi connectivity index (χ1v) is 10.5. The molecule has 5 rings (SSSR count). The quantitative estimate of drug-likeness (QED) is 0.474. The number of nitrogen functional groups attached to an aromatic ring is 1. The van der Waals surface area contributed by atoms with E-state index in [0.717, 1.165) is 33.5 Å². The minimum Gasteiger partial charge on any atom is -0.488 e. The maximum absolute atomic E-state index is 12.0. The van der Waals surface area contributed by atoms with E-state index < -0.39 is 12.0 Å². The lowest BCUT2D eigenvalue weighted by Crippen LogP contribution is -2.35. The lowest BCUT2D eigenvalue weighted by molar-refractivity contribution is -0.124. The molecule has 7 heteroatoms. The van der Waals surface area contributed by atoms with E-state index in [9.17, 15) is 4.79 Å². The van der Waals surface area contributed by atoms with E-state index in [-0.39, 0.29) is 0 Å². The Morgan fingerprint density at radius 2 is 1.85 bits per heavy atom. The average Bonchev–Trinajstić information content (AvgIpc) is 2.83. The summed E-state index contributed by atoms with van der Waals surface area (Å²) in [6.07, 6.45) is 1.06. The maximum Gasteiger partial charge on any atom is 0.258 e. The monoisotopic (exact) mass is 438 g/mol. The molecule has 1 amide bonds. The molecule has 3 aromatic carbocycles. The summed E-state index contributed by atoms with van der Waals surface area (Å²) in [6, 6.07) is 23.0. The zero-order valence-corrected chi connectivity index (χ0v) is 17.8. The fourth-order valence-electron chi connectivity index (χ4n) is 3.91. The number of carbonyl (C=O) groups excluding carboxylic acids is 1. The Morgan fingerprint density at radius 3 is 2.64 bits per heavy atom. The summed E-state index contributed by atoms with van der Waals surface area (Å²) in [5.74, 6) is 1.11. The van der Waals surface area contributed by atoms with Gasteiger partial charge >= 0.3 is 0 Å². The van der Waals surface area contributed by atoms with E-state index in [0.29, 0.717) is 30.3 Å². The second-order valence-electron chi connectivity index (χ2n) is 7.85. The van der Waals surface area contributed by atoms with Crippen LogP contribution in [0.15, 0.2) is 79.1 Å². The average molecular weight is 438 g/mol. The molecule has 4 N–H and O–H groups in total. The summed E-state index contributed by atoms with van der Waals surface area (Å²) in [5, 5.41) is 0. The number of amides is 1. The number of hydrogen-bond donors (Lipinski definition) is 2. The number of benzene rings is 3. The lowest BCUT2D eigenvalue weighted by atomic mass is 9.94. The van der Waals surface area contributed by atoms with Crippen LogP contribution in [0, 0.1) is 0 Å². The van der Waals surface area contributed by atoms with E-state index in [2.05, 4.69) is 16.0 Å². The van der Waals surface area contributed by atoms with Crippen LogP contribution < -0.4 is 20.9 Å². The molecule has 0 spiro atoms. The van der Waals surface area contributed by atoms with Crippen molar-refractivity contribution < 1.29 is 14.3 Å². The van der Waals surface area contributed by atoms with Crippen molar-refractivity contribution in [1.82, 2.24) is 9.97 Å². The van der Waals surface area contributed by atoms with Crippen LogP contribution in [0.2, 0.25) is 0 Å². The highest BCUT2D eigenvalue weighted by atomic mass is 16.5. The molecule has 0 radical (unpaired) electrons. The second kappa shape index (κ2) is 8.63. The van der Waals surface area contributed by atoms with E-state index in [4.69, 9.17) is 20.9 Å². The van der Waals surface area contributed by atoms with Gasteiger partial charge in [-0.25, -0.2) is 9.97 Å². The molecule has 0 saturated heterocycles. The molecule has 33 heavy (non-hydrogen) atoms. The molecule has 7 nitrogen and oxygen atoms in total. The van der Waals surface area contributed by atoms with Gasteiger partial charge in [-0.3, -0.25) is 4.79 Å². The molecule has 0 saturated carbocycles. The number of anilines is 1. The van der Waals surface area contributed by atoms with Crippen molar-refractivity contribution in [2.45, 2.75) is 19.1 Å². The third-order valence-electron chi connectivity index (χ3n) is 5.58. The molecule has 1 aromatic heterocycles. The summed E-state index contributed by atoms with van der Waals surface area (Å²) in [4.78, 5) is 20.3. The largest absolute Gasteiger partial charge is 0.488 e. The second-order valence-corrected chi connectivity index (χ2v) is 7.85. The Labute approximate surface area is 191 Å². The Balaban J connectivity index is 1.43. The van der Waals surface area contributed by atoms with Crippen LogP contribution in [0.1, 0.15) is 11.1 Å². The van der Waals surface area contributed by atoms with Gasteiger partial charge in [0.2, 0.25) is 0 Å². The van der Waals surface area contributed by atoms with Gasteiger partial charge in [0.25, 0.3) is 5.91 Å². The van der Waals surface area contributed by atoms with Gasteiger partial charge < -0.3 is 20.9 Å². The van der Waals surface area contributed by atoms with Crippen molar-refractivity contribution in [3.63, 3.8) is 0 Å². The third kappa shape index (κ3) is 4.34. The van der Waals surface area contributed by atoms with Crippen molar-refractivity contribution in [1.29, 1.82) is 0 Å². The minimum absolute atomic E-state index is 0.391. The standard InChI is InChI=1S/C26H22N4O3/c27-25-13-22(29-15-30-25)17-6-7-18-14-32-23-12-19(8-9-20(23)21(18)11-17)33-24(26(28)31)10-16-4-2-1-3-5-16/h1-9,11-13,15,24H,10,14H2,(H2,28,31)(H2,27,29,30)/t24-/m1/s1. The molecular formula is C26H22N4O3. The van der Waals surface area contributed by atoms with Crippen LogP contribution in [0.4, 0.5) is 5.82 Å². The molecule has 0 fully saturated rings. The number of nitrogens with zero attached hydrogens (tertiary/aromatic N) is 2. The van der Waals surface area contributed by atoms with Gasteiger partial charge in [0.15, 0.2) is 6.10 Å². The minimum atomic E-state index is -0.781. The topological polar surface area (TPSA) is 113 Å². The fourth-order valence-corrected chi connectivity index (χ4v) is 3.91. The molecule has 164 valence electrons. The molecule has 0 bridgehead atoms. The number of rotatable bonds is 6. The van der Waals surface area contributed by atoms with Crippen LogP contribution in [0.5, 0.6) is 11.5 Å². The van der Waals surface area contributed by atoms with Gasteiger partial charge in [0.05, 0.1) is 5.69 Å². The van der Waals surface area contributed by atoms with Crippen LogP contribution in [0.3, 0.4) is 0 Å². The van der Waals surface area contributed by atoms with Crippen molar-refractivity contribution in [2.75, 3.05) is 5.73 Å². The molecule has 1 aliphatic heterocycles. The number of nitrogens with two attached hydrogens (primary N) is 2. The number of aromatic nitrogens is 2. The van der Waals surface area contributed by atoms with E-state index in [1.807, 2.05) is 54.6 Å². The summed E-state index contributed by atoms with van der Waals surface area (Å²) < 4.78 is 11.9. The Bertz CT molecular complexity index is 1320. The third-order valence-corrected chi connectivity index (χ3v) is 5.58. The maximum atomic E-state index is 12.0. The van der Waals surface area contributed by atoms with Crippen LogP contribution >= 0.6 is 0 Å². The first kappa shape index (κ1) is 20.5. The van der Waals surface area contributed by atoms with Gasteiger partial charge in [-0.2, -0.15) is 0 Å². The van der Waals surface area contributed by atoms with E-state index in [1.54, 1.807) is 12.1 Å². The number of hydrogen-bond acceptors (Lipinski definition) is 6. The molecular weight excluding hydrogens is 416 g/mol. The summed E-state index contributed by atoms with van der Waals surface area (Å²) in [6.45, 7) is 0.432. The van der Waals surface area contributed by atoms with E-state index in [1.165, 1.54) is 6.33 Å². The smallest absolute Gasteiger partial charge is 0.258 e. The Hall–Kier alpha value is -4.39. The van der Waals surface area contributed by atoms with Crippen molar-refractivity contribution >= 4 is 11.7 Å². The Morgan fingerprint density at radius 1 is 1.00 bits per heavy atom. The molecule has 0 unspecified atom stereocenters. The normalized spacial score (nSPS) is 12.7. The predicted octanol–water partition coefficient (Wildman–Crippen LogP) is 3.76. The van der Waals surface area contributed by atoms with Crippen LogP contribution in [-0.2, 0) is 17.8 Å². The zero-order valence-electron chi connectivity index (χ0n) is 17.8. The molecule has 1 atom stereocenters. The van der Waals surface area contributed by atoms with Crippen LogP contribution in [-0.4, -0.2) is 22.0 Å². The zero-order chi connectivity index (χ0) is 22.8. The van der Waals surface area contributed by atoms with Gasteiger partial charge in [-0.05, 0) is 34.9 Å². The van der Waals surface area contributed by atoms with Crippen LogP contribution in [0.25, 0.3) is 22.4 Å². The van der Waals surface area contributed by atoms with Crippen molar-refractivity contribution in [3.8, 4) is 33.9 Å². The SMILES string of the molecule is NC(=O)[C@@H](Cc1ccccc1)Oc1ccc2c(c1)OCc1ccc(-c3cc(N)ncn3)cc1-2. The van der Waals surface area contributed by atoms with Gasteiger partial charge in [-0.1, -0.05) is 42.5 Å². The summed E-state index contributed by atoms with van der Waals surface area (Å²) in [5.41, 5.74) is 17.1. The molecule has 0 aliphatic carbocycles. The van der Waals surface area contributed by atoms with Crippen molar-refractivity contribution in [2.24, 2.45) is 5.73 Å². The Kier molecular flexibility index (Phi) is 5.36. The van der Waals surface area contributed by atoms with Crippen molar-refractivity contribution in [3.05, 3.63) is 90.3 Å². The molecule has 1 aliphatic rings. The molecule has 2 heterocycles. The number of primary amides is 1. The first-order chi connectivity index (χ1) is 16.1. The number of ether oxygens (including phenoxy) is 2. The summed E-state index contributed by atoms with van der Waals surface area (Å²) >= 11 is 0. The lowest BCUT2D eigenvalue weighted by Gasteiger charge is -2.23. The highest BCUT2D eigenvalue weighted by molar-refractivity contribution is 5.81. The van der Waals surface area contributed by atoms with Gasteiger partial charge in [0.1, 0.15) is 30.3 Å². The van der Waals surface area contributed by atoms with E-state index >= 15 is 0 Å². The van der Waals surface area contributed by atoms with Gasteiger partial charge in [0, 0.05) is 29.7 Å². The highest BCUT2D eigenvalue weighted by Crippen LogP contribution is 2.41. The number of carbonyl (C=O) groups is 1. The summed E-state index contributed by atoms with van der Waals surface area (Å²) in [7, 11) is 0.